The molecule has 0 atom stereocenters. The van der Waals surface area contributed by atoms with Gasteiger partial charge in [0.25, 0.3) is 5.91 Å². The Labute approximate surface area is 133 Å². The van der Waals surface area contributed by atoms with Gasteiger partial charge in [0.2, 0.25) is 5.91 Å². The molecule has 0 bridgehead atoms. The smallest absolute Gasteiger partial charge is 0.258 e. The predicted molar refractivity (Wildman–Crippen MR) is 87.1 cm³/mol. The van der Waals surface area contributed by atoms with E-state index in [1.807, 2.05) is 19.9 Å². The summed E-state index contributed by atoms with van der Waals surface area (Å²) in [7, 11) is 0. The summed E-state index contributed by atoms with van der Waals surface area (Å²) in [6, 6.07) is 11.1. The molecular weight excluding hydrogens is 295 g/mol. The first-order valence-corrected chi connectivity index (χ1v) is 7.37. The molecule has 1 heterocycles. The molecule has 23 heavy (non-hydrogen) atoms. The van der Waals surface area contributed by atoms with Gasteiger partial charge in [0.05, 0.1) is 5.56 Å². The maximum Gasteiger partial charge on any atom is 0.258 e. The Hall–Kier alpha value is -2.69. The zero-order chi connectivity index (χ0) is 16.6. The number of carbonyl (C=O) groups excluding carboxylic acids is 2. The van der Waals surface area contributed by atoms with Crippen molar-refractivity contribution in [2.24, 2.45) is 0 Å². The van der Waals surface area contributed by atoms with Crippen LogP contribution in [0.4, 0.5) is 15.8 Å². The summed E-state index contributed by atoms with van der Waals surface area (Å²) in [5.41, 5.74) is 1.94. The number of hydrogen-bond acceptors (Lipinski definition) is 2. The van der Waals surface area contributed by atoms with Gasteiger partial charge in [0.1, 0.15) is 5.82 Å². The van der Waals surface area contributed by atoms with E-state index in [9.17, 15) is 14.0 Å². The minimum absolute atomic E-state index is 0.00205. The topological polar surface area (TPSA) is 58.2 Å². The second-order valence-corrected chi connectivity index (χ2v) is 6.30. The predicted octanol–water partition coefficient (Wildman–Crippen LogP) is 3.70. The lowest BCUT2D eigenvalue weighted by Crippen LogP contribution is -2.32. The average Bonchev–Trinajstić information content (AvgIpc) is 2.47. The van der Waals surface area contributed by atoms with Gasteiger partial charge in [-0.1, -0.05) is 26.0 Å². The highest BCUT2D eigenvalue weighted by Gasteiger charge is 2.32. The first kappa shape index (κ1) is 15.2. The van der Waals surface area contributed by atoms with E-state index in [1.165, 1.54) is 18.2 Å². The Morgan fingerprint density at radius 1 is 1.22 bits per heavy atom. The molecule has 1 aliphatic heterocycles. The molecule has 0 aliphatic carbocycles. The van der Waals surface area contributed by atoms with Gasteiger partial charge in [-0.3, -0.25) is 9.59 Å². The van der Waals surface area contributed by atoms with Crippen molar-refractivity contribution in [1.29, 1.82) is 0 Å². The normalized spacial score (nSPS) is 15.5. The van der Waals surface area contributed by atoms with Crippen LogP contribution in [0.1, 0.15) is 36.2 Å². The Morgan fingerprint density at radius 2 is 1.96 bits per heavy atom. The van der Waals surface area contributed by atoms with Gasteiger partial charge in [-0.05, 0) is 35.9 Å². The van der Waals surface area contributed by atoms with Crippen molar-refractivity contribution in [3.8, 4) is 0 Å². The number of hydrogen-bond donors (Lipinski definition) is 2. The summed E-state index contributed by atoms with van der Waals surface area (Å²) in [6.45, 7) is 3.96. The van der Waals surface area contributed by atoms with Crippen LogP contribution >= 0.6 is 0 Å². The Bertz CT molecular complexity index is 799. The molecule has 2 aromatic carbocycles. The summed E-state index contributed by atoms with van der Waals surface area (Å²) in [6.07, 6.45) is 0.380. The van der Waals surface area contributed by atoms with Crippen molar-refractivity contribution in [1.82, 2.24) is 0 Å². The average molecular weight is 312 g/mol. The number of fused-ring (bicyclic) bond motifs is 1. The van der Waals surface area contributed by atoms with Crippen LogP contribution in [0, 0.1) is 5.82 Å². The molecule has 3 rings (SSSR count). The molecule has 118 valence electrons. The van der Waals surface area contributed by atoms with Crippen molar-refractivity contribution in [2.45, 2.75) is 25.7 Å². The van der Waals surface area contributed by atoms with Crippen LogP contribution in [0.25, 0.3) is 0 Å². The van der Waals surface area contributed by atoms with E-state index in [2.05, 4.69) is 10.6 Å². The minimum atomic E-state index is -0.560. The third-order valence-electron chi connectivity index (χ3n) is 4.00. The van der Waals surface area contributed by atoms with Crippen molar-refractivity contribution in [2.75, 3.05) is 10.6 Å². The number of rotatable bonds is 2. The zero-order valence-corrected chi connectivity index (χ0v) is 12.9. The monoisotopic (exact) mass is 312 g/mol. The van der Waals surface area contributed by atoms with E-state index in [0.717, 1.165) is 11.3 Å². The fraction of sp³-hybridized carbons (Fsp3) is 0.222. The zero-order valence-electron chi connectivity index (χ0n) is 12.9. The van der Waals surface area contributed by atoms with Crippen LogP contribution in [0.5, 0.6) is 0 Å². The second kappa shape index (κ2) is 5.50. The van der Waals surface area contributed by atoms with Crippen molar-refractivity contribution >= 4 is 23.2 Å². The number of benzene rings is 2. The molecule has 5 heteroatoms. The van der Waals surface area contributed by atoms with E-state index in [1.54, 1.807) is 18.2 Å². The minimum Gasteiger partial charge on any atom is -0.326 e. The molecule has 0 aromatic heterocycles. The molecule has 0 fully saturated rings. The molecule has 0 unspecified atom stereocenters. The van der Waals surface area contributed by atoms with Gasteiger partial charge in [-0.15, -0.1) is 0 Å². The largest absolute Gasteiger partial charge is 0.326 e. The van der Waals surface area contributed by atoms with E-state index in [-0.39, 0.29) is 16.9 Å². The lowest BCUT2D eigenvalue weighted by atomic mass is 9.78. The summed E-state index contributed by atoms with van der Waals surface area (Å²) < 4.78 is 13.7. The highest BCUT2D eigenvalue weighted by atomic mass is 19.1. The Kier molecular flexibility index (Phi) is 3.64. The van der Waals surface area contributed by atoms with Crippen LogP contribution in [0.3, 0.4) is 0 Å². The van der Waals surface area contributed by atoms with Crippen LogP contribution in [-0.2, 0) is 10.2 Å². The number of halogens is 1. The third-order valence-corrected chi connectivity index (χ3v) is 4.00. The van der Waals surface area contributed by atoms with E-state index < -0.39 is 11.7 Å². The first-order chi connectivity index (χ1) is 10.9. The first-order valence-electron chi connectivity index (χ1n) is 7.37. The quantitative estimate of drug-likeness (QED) is 0.888. The fourth-order valence-electron chi connectivity index (χ4n) is 2.83. The molecular formula is C18H17FN2O2. The van der Waals surface area contributed by atoms with Crippen molar-refractivity contribution in [3.63, 3.8) is 0 Å². The maximum atomic E-state index is 13.7. The SMILES string of the molecule is CC1(C)CC(=O)Nc2ccc(NC(=O)c3ccccc3F)cc21. The highest BCUT2D eigenvalue weighted by Crippen LogP contribution is 2.38. The van der Waals surface area contributed by atoms with Gasteiger partial charge in [-0.25, -0.2) is 4.39 Å². The number of amides is 2. The molecule has 2 N–H and O–H groups in total. The molecule has 2 aromatic rings. The van der Waals surface area contributed by atoms with Crippen LogP contribution in [0.15, 0.2) is 42.5 Å². The van der Waals surface area contributed by atoms with Gasteiger partial charge >= 0.3 is 0 Å². The standard InChI is InChI=1S/C18H17FN2O2/c1-18(2)10-16(22)21-15-8-7-11(9-13(15)18)20-17(23)12-5-3-4-6-14(12)19/h3-9H,10H2,1-2H3,(H,20,23)(H,21,22). The second-order valence-electron chi connectivity index (χ2n) is 6.30. The van der Waals surface area contributed by atoms with E-state index in [4.69, 9.17) is 0 Å². The van der Waals surface area contributed by atoms with Gasteiger partial charge in [0.15, 0.2) is 0 Å². The van der Waals surface area contributed by atoms with Gasteiger partial charge in [-0.2, -0.15) is 0 Å². The molecule has 0 radical (unpaired) electrons. The number of anilines is 2. The lowest BCUT2D eigenvalue weighted by molar-refractivity contribution is -0.117. The summed E-state index contributed by atoms with van der Waals surface area (Å²) in [5, 5.41) is 5.53. The van der Waals surface area contributed by atoms with Crippen molar-refractivity contribution < 1.29 is 14.0 Å². The van der Waals surface area contributed by atoms with E-state index >= 15 is 0 Å². The molecule has 2 amide bonds. The summed E-state index contributed by atoms with van der Waals surface area (Å²) >= 11 is 0. The van der Waals surface area contributed by atoms with E-state index in [0.29, 0.717) is 12.1 Å². The third kappa shape index (κ3) is 2.95. The molecule has 4 nitrogen and oxygen atoms in total. The van der Waals surface area contributed by atoms with Crippen molar-refractivity contribution in [3.05, 3.63) is 59.4 Å². The lowest BCUT2D eigenvalue weighted by Gasteiger charge is -2.32. The Balaban J connectivity index is 1.90. The Morgan fingerprint density at radius 3 is 2.70 bits per heavy atom. The number of carbonyl (C=O) groups is 2. The molecule has 0 saturated carbocycles. The summed E-state index contributed by atoms with van der Waals surface area (Å²) in [5.74, 6) is -1.08. The maximum absolute atomic E-state index is 13.7. The molecule has 0 spiro atoms. The molecule has 1 aliphatic rings. The fourth-order valence-corrected chi connectivity index (χ4v) is 2.83. The van der Waals surface area contributed by atoms with Crippen LogP contribution in [-0.4, -0.2) is 11.8 Å². The van der Waals surface area contributed by atoms with Gasteiger partial charge < -0.3 is 10.6 Å². The number of nitrogens with one attached hydrogen (secondary N) is 2. The van der Waals surface area contributed by atoms with Crippen LogP contribution in [0.2, 0.25) is 0 Å². The summed E-state index contributed by atoms with van der Waals surface area (Å²) in [4.78, 5) is 23.9. The van der Waals surface area contributed by atoms with Crippen LogP contribution < -0.4 is 10.6 Å². The van der Waals surface area contributed by atoms with Gasteiger partial charge in [0, 0.05) is 23.2 Å². The molecule has 0 saturated heterocycles. The highest BCUT2D eigenvalue weighted by molar-refractivity contribution is 6.05.